The minimum Gasteiger partial charge on any atom is -0.390 e. The zero-order valence-electron chi connectivity index (χ0n) is 13.1. The van der Waals surface area contributed by atoms with Crippen LogP contribution in [-0.4, -0.2) is 38.1 Å². The summed E-state index contributed by atoms with van der Waals surface area (Å²) in [5, 5.41) is 17.1. The third-order valence-electron chi connectivity index (χ3n) is 4.24. The van der Waals surface area contributed by atoms with E-state index in [4.69, 9.17) is 5.11 Å². The summed E-state index contributed by atoms with van der Waals surface area (Å²) < 4.78 is 1.88. The summed E-state index contributed by atoms with van der Waals surface area (Å²) in [5.74, 6) is 0.618. The zero-order chi connectivity index (χ0) is 15.4. The van der Waals surface area contributed by atoms with Crippen molar-refractivity contribution in [3.05, 3.63) is 33.8 Å². The number of rotatable bonds is 6. The summed E-state index contributed by atoms with van der Waals surface area (Å²) >= 11 is 1.94. The maximum Gasteiger partial charge on any atom is 0.108 e. The molecule has 1 fully saturated rings. The molecule has 0 aliphatic carbocycles. The predicted octanol–water partition coefficient (Wildman–Crippen LogP) is 2.31. The van der Waals surface area contributed by atoms with Crippen molar-refractivity contribution in [2.75, 3.05) is 13.1 Å². The average Bonchev–Trinajstić information content (AvgIpc) is 3.16. The van der Waals surface area contributed by atoms with Crippen molar-refractivity contribution < 1.29 is 5.11 Å². The monoisotopic (exact) mass is 320 g/mol. The van der Waals surface area contributed by atoms with Gasteiger partial charge in [-0.3, -0.25) is 9.58 Å². The first kappa shape index (κ1) is 15.6. The topological polar surface area (TPSA) is 54.2 Å². The minimum atomic E-state index is -0.0328. The summed E-state index contributed by atoms with van der Waals surface area (Å²) in [7, 11) is 0. The van der Waals surface area contributed by atoms with Crippen LogP contribution in [0.4, 0.5) is 0 Å². The van der Waals surface area contributed by atoms with Crippen LogP contribution in [0.3, 0.4) is 0 Å². The molecule has 3 heterocycles. The van der Waals surface area contributed by atoms with Gasteiger partial charge < -0.3 is 5.11 Å². The fraction of sp³-hybridized carbons (Fsp3) is 0.625. The number of nitrogens with zero attached hydrogens (tertiary/aromatic N) is 4. The van der Waals surface area contributed by atoms with Crippen LogP contribution in [0, 0.1) is 5.92 Å². The van der Waals surface area contributed by atoms with Gasteiger partial charge in [0.1, 0.15) is 5.69 Å². The Balaban J connectivity index is 1.54. The summed E-state index contributed by atoms with van der Waals surface area (Å²) in [5.41, 5.74) is 0.651. The largest absolute Gasteiger partial charge is 0.390 e. The average molecular weight is 320 g/mol. The molecule has 0 amide bonds. The van der Waals surface area contributed by atoms with Gasteiger partial charge in [0.15, 0.2) is 0 Å². The molecule has 1 aliphatic rings. The van der Waals surface area contributed by atoms with Crippen LogP contribution >= 0.6 is 11.3 Å². The second kappa shape index (κ2) is 7.35. The molecule has 1 saturated heterocycles. The van der Waals surface area contributed by atoms with E-state index >= 15 is 0 Å². The van der Waals surface area contributed by atoms with Gasteiger partial charge in [0, 0.05) is 29.4 Å². The Kier molecular flexibility index (Phi) is 5.23. The number of aliphatic hydroxyl groups is 1. The van der Waals surface area contributed by atoms with Gasteiger partial charge in [0.05, 0.1) is 12.8 Å². The first-order valence-electron chi connectivity index (χ1n) is 8.06. The van der Waals surface area contributed by atoms with Gasteiger partial charge in [-0.05, 0) is 43.9 Å². The first-order chi connectivity index (χ1) is 10.8. The van der Waals surface area contributed by atoms with E-state index in [2.05, 4.69) is 34.3 Å². The minimum absolute atomic E-state index is 0.0328. The molecule has 1 N–H and O–H groups in total. The molecule has 120 valence electrons. The predicted molar refractivity (Wildman–Crippen MR) is 87.6 cm³/mol. The lowest BCUT2D eigenvalue weighted by atomic mass is 9.98. The van der Waals surface area contributed by atoms with E-state index in [9.17, 15) is 0 Å². The SMILES string of the molecule is CCc1ccc(CN2CCC[C@H](Cn3cc(CO)nn3)C2)s1. The Morgan fingerprint density at radius 1 is 1.36 bits per heavy atom. The molecule has 3 rings (SSSR count). The molecule has 1 aliphatic heterocycles. The molecule has 0 saturated carbocycles. The number of thiophene rings is 1. The molecular formula is C16H24N4OS. The highest BCUT2D eigenvalue weighted by molar-refractivity contribution is 7.11. The Morgan fingerprint density at radius 3 is 2.95 bits per heavy atom. The van der Waals surface area contributed by atoms with Gasteiger partial charge >= 0.3 is 0 Å². The van der Waals surface area contributed by atoms with Crippen LogP contribution < -0.4 is 0 Å². The molecule has 22 heavy (non-hydrogen) atoms. The van der Waals surface area contributed by atoms with Crippen molar-refractivity contribution in [3.8, 4) is 0 Å². The first-order valence-corrected chi connectivity index (χ1v) is 8.88. The third-order valence-corrected chi connectivity index (χ3v) is 5.46. The van der Waals surface area contributed by atoms with Crippen molar-refractivity contribution in [2.45, 2.75) is 45.9 Å². The van der Waals surface area contributed by atoms with Crippen LogP contribution in [0.25, 0.3) is 0 Å². The van der Waals surface area contributed by atoms with Crippen molar-refractivity contribution in [3.63, 3.8) is 0 Å². The fourth-order valence-electron chi connectivity index (χ4n) is 3.13. The fourth-order valence-corrected chi connectivity index (χ4v) is 4.13. The van der Waals surface area contributed by atoms with Crippen molar-refractivity contribution in [2.24, 2.45) is 5.92 Å². The molecule has 2 aromatic heterocycles. The smallest absolute Gasteiger partial charge is 0.108 e. The van der Waals surface area contributed by atoms with Gasteiger partial charge in [-0.25, -0.2) is 0 Å². The van der Waals surface area contributed by atoms with Gasteiger partial charge in [-0.2, -0.15) is 0 Å². The van der Waals surface area contributed by atoms with E-state index in [0.717, 1.165) is 26.1 Å². The van der Waals surface area contributed by atoms with Crippen molar-refractivity contribution in [1.29, 1.82) is 0 Å². The van der Waals surface area contributed by atoms with E-state index in [-0.39, 0.29) is 6.61 Å². The number of aromatic nitrogens is 3. The number of aryl methyl sites for hydroxylation is 1. The second-order valence-corrected chi connectivity index (χ2v) is 7.31. The van der Waals surface area contributed by atoms with Gasteiger partial charge in [-0.1, -0.05) is 12.1 Å². The number of hydrogen-bond acceptors (Lipinski definition) is 5. The van der Waals surface area contributed by atoms with E-state index in [0.29, 0.717) is 11.6 Å². The summed E-state index contributed by atoms with van der Waals surface area (Å²) in [6.45, 7) is 6.46. The van der Waals surface area contributed by atoms with Crippen molar-refractivity contribution in [1.82, 2.24) is 19.9 Å². The lowest BCUT2D eigenvalue weighted by Gasteiger charge is -2.32. The van der Waals surface area contributed by atoms with E-state index in [1.807, 2.05) is 22.2 Å². The van der Waals surface area contributed by atoms with E-state index < -0.39 is 0 Å². The summed E-state index contributed by atoms with van der Waals surface area (Å²) in [6, 6.07) is 4.53. The lowest BCUT2D eigenvalue weighted by molar-refractivity contribution is 0.154. The van der Waals surface area contributed by atoms with E-state index in [1.165, 1.54) is 29.1 Å². The molecule has 0 spiro atoms. The maximum absolute atomic E-state index is 9.06. The molecule has 6 heteroatoms. The maximum atomic E-state index is 9.06. The summed E-state index contributed by atoms with van der Waals surface area (Å²) in [4.78, 5) is 5.51. The quantitative estimate of drug-likeness (QED) is 0.887. The summed E-state index contributed by atoms with van der Waals surface area (Å²) in [6.07, 6.45) is 5.48. The second-order valence-electron chi connectivity index (χ2n) is 6.05. The van der Waals surface area contributed by atoms with Crippen molar-refractivity contribution >= 4 is 11.3 Å². The van der Waals surface area contributed by atoms with Gasteiger partial charge in [0.2, 0.25) is 0 Å². The van der Waals surface area contributed by atoms with Gasteiger partial charge in [0.25, 0.3) is 0 Å². The number of likely N-dealkylation sites (tertiary alicyclic amines) is 1. The lowest BCUT2D eigenvalue weighted by Crippen LogP contribution is -2.36. The highest BCUT2D eigenvalue weighted by atomic mass is 32.1. The third kappa shape index (κ3) is 3.94. The van der Waals surface area contributed by atoms with Crippen LogP contribution in [0.2, 0.25) is 0 Å². The Labute approximate surface area is 135 Å². The number of aliphatic hydroxyl groups excluding tert-OH is 1. The normalized spacial score (nSPS) is 19.6. The van der Waals surface area contributed by atoms with Gasteiger partial charge in [-0.15, -0.1) is 16.4 Å². The molecule has 0 bridgehead atoms. The molecule has 0 radical (unpaired) electrons. The zero-order valence-corrected chi connectivity index (χ0v) is 13.9. The van der Waals surface area contributed by atoms with Crippen LogP contribution in [0.15, 0.2) is 18.3 Å². The Morgan fingerprint density at radius 2 is 2.23 bits per heavy atom. The number of piperidine rings is 1. The van der Waals surface area contributed by atoms with Crippen LogP contribution in [0.5, 0.6) is 0 Å². The standard InChI is InChI=1S/C16H24N4OS/c1-2-15-5-6-16(22-15)11-19-7-3-4-13(8-19)9-20-10-14(12-21)17-18-20/h5-6,10,13,21H,2-4,7-9,11-12H2,1H3/t13-/m0/s1. The number of hydrogen-bond donors (Lipinski definition) is 1. The highest BCUT2D eigenvalue weighted by Crippen LogP contribution is 2.23. The van der Waals surface area contributed by atoms with E-state index in [1.54, 1.807) is 0 Å². The molecule has 0 unspecified atom stereocenters. The highest BCUT2D eigenvalue weighted by Gasteiger charge is 2.21. The molecule has 2 aromatic rings. The molecule has 0 aromatic carbocycles. The molecule has 1 atom stereocenters. The Hall–Kier alpha value is -1.24. The van der Waals surface area contributed by atoms with Crippen LogP contribution in [0.1, 0.15) is 35.2 Å². The molecule has 5 nitrogen and oxygen atoms in total. The Bertz CT molecular complexity index is 544. The van der Waals surface area contributed by atoms with Crippen LogP contribution in [-0.2, 0) is 26.1 Å². The molecular weight excluding hydrogens is 296 g/mol.